The van der Waals surface area contributed by atoms with E-state index in [0.717, 1.165) is 19.2 Å². The van der Waals surface area contributed by atoms with Gasteiger partial charge in [-0.25, -0.2) is 0 Å². The summed E-state index contributed by atoms with van der Waals surface area (Å²) >= 11 is 0. The number of fused-ring (bicyclic) bond motifs is 1. The van der Waals surface area contributed by atoms with Crippen LogP contribution in [-0.4, -0.2) is 42.1 Å². The molecule has 0 saturated carbocycles. The highest BCUT2D eigenvalue weighted by Gasteiger charge is 2.40. The number of nitrogens with zero attached hydrogens (tertiary/aromatic N) is 1. The van der Waals surface area contributed by atoms with Gasteiger partial charge in [-0.15, -0.1) is 13.2 Å². The maximum absolute atomic E-state index is 12.5. The molecule has 0 aliphatic carbocycles. The molecule has 3 amide bonds. The summed E-state index contributed by atoms with van der Waals surface area (Å²) < 4.78 is 46.3. The minimum Gasteiger partial charge on any atom is -0.493 e. The van der Waals surface area contributed by atoms with Crippen molar-refractivity contribution in [2.24, 2.45) is 0 Å². The number of rotatable bonds is 3. The lowest BCUT2D eigenvalue weighted by Gasteiger charge is -2.29. The second kappa shape index (κ2) is 5.94. The van der Waals surface area contributed by atoms with Crippen LogP contribution in [0, 0.1) is 0 Å². The van der Waals surface area contributed by atoms with Crippen LogP contribution in [0.3, 0.4) is 0 Å². The smallest absolute Gasteiger partial charge is 0.493 e. The van der Waals surface area contributed by atoms with Crippen molar-refractivity contribution in [2.45, 2.75) is 31.8 Å². The number of alkyl halides is 3. The van der Waals surface area contributed by atoms with E-state index >= 15 is 0 Å². The number of hydrogen-bond donors (Lipinski definition) is 1. The highest BCUT2D eigenvalue weighted by molar-refractivity contribution is 6.05. The summed E-state index contributed by atoms with van der Waals surface area (Å²) in [6.07, 6.45) is -4.66. The highest BCUT2D eigenvalue weighted by atomic mass is 19.4. The van der Waals surface area contributed by atoms with E-state index in [1.165, 1.54) is 4.90 Å². The van der Waals surface area contributed by atoms with Gasteiger partial charge in [0.2, 0.25) is 11.8 Å². The van der Waals surface area contributed by atoms with Gasteiger partial charge in [0.05, 0.1) is 7.11 Å². The fraction of sp³-hybridized carbons (Fsp3) is 0.400. The minimum atomic E-state index is -4.91. The van der Waals surface area contributed by atoms with Gasteiger partial charge in [0.15, 0.2) is 11.5 Å². The molecule has 0 aromatic heterocycles. The molecule has 2 aliphatic rings. The number of amides is 3. The standard InChI is InChI=1S/C15H13F3N2O5/c1-24-10-5-8-7(4-11(10)25-15(16,17)18)6-20(14(8)23)9-2-3-12(21)19-13(9)22/h4-5,9H,2-3,6H2,1H3,(H,19,21,22). The third-order valence-electron chi connectivity index (χ3n) is 4.03. The molecule has 0 radical (unpaired) electrons. The van der Waals surface area contributed by atoms with Gasteiger partial charge in [-0.05, 0) is 24.1 Å². The molecule has 1 unspecified atom stereocenters. The van der Waals surface area contributed by atoms with Crippen LogP contribution < -0.4 is 14.8 Å². The number of hydrogen-bond acceptors (Lipinski definition) is 5. The monoisotopic (exact) mass is 358 g/mol. The van der Waals surface area contributed by atoms with Crippen molar-refractivity contribution in [2.75, 3.05) is 7.11 Å². The highest BCUT2D eigenvalue weighted by Crippen LogP contribution is 2.38. The van der Waals surface area contributed by atoms with Crippen LogP contribution in [0.2, 0.25) is 0 Å². The van der Waals surface area contributed by atoms with E-state index in [2.05, 4.69) is 10.1 Å². The van der Waals surface area contributed by atoms with Crippen LogP contribution in [-0.2, 0) is 16.1 Å². The summed E-state index contributed by atoms with van der Waals surface area (Å²) in [6.45, 7) is -0.0569. The topological polar surface area (TPSA) is 84.9 Å². The Morgan fingerprint density at radius 1 is 1.20 bits per heavy atom. The molecule has 3 rings (SSSR count). The van der Waals surface area contributed by atoms with E-state index in [-0.39, 0.29) is 36.3 Å². The summed E-state index contributed by atoms with van der Waals surface area (Å²) in [6, 6.07) is 1.38. The largest absolute Gasteiger partial charge is 0.573 e. The van der Waals surface area contributed by atoms with Gasteiger partial charge in [0, 0.05) is 18.5 Å². The molecule has 1 saturated heterocycles. The zero-order valence-corrected chi connectivity index (χ0v) is 13.0. The van der Waals surface area contributed by atoms with E-state index in [4.69, 9.17) is 4.74 Å². The number of imide groups is 1. The second-order valence-electron chi connectivity index (χ2n) is 5.61. The maximum Gasteiger partial charge on any atom is 0.573 e. The van der Waals surface area contributed by atoms with E-state index < -0.39 is 35.9 Å². The lowest BCUT2D eigenvalue weighted by Crippen LogP contribution is -2.52. The Bertz CT molecular complexity index is 762. The molecule has 7 nitrogen and oxygen atoms in total. The van der Waals surface area contributed by atoms with Crippen molar-refractivity contribution in [3.63, 3.8) is 0 Å². The molecule has 134 valence electrons. The first-order valence-corrected chi connectivity index (χ1v) is 7.31. The Kier molecular flexibility index (Phi) is 4.05. The van der Waals surface area contributed by atoms with Crippen LogP contribution in [0.15, 0.2) is 12.1 Å². The Balaban J connectivity index is 1.90. The van der Waals surface area contributed by atoms with Gasteiger partial charge < -0.3 is 14.4 Å². The van der Waals surface area contributed by atoms with E-state index in [0.29, 0.717) is 0 Å². The van der Waals surface area contributed by atoms with Crippen LogP contribution >= 0.6 is 0 Å². The molecule has 1 aromatic rings. The molecule has 25 heavy (non-hydrogen) atoms. The lowest BCUT2D eigenvalue weighted by molar-refractivity contribution is -0.275. The number of halogens is 3. The van der Waals surface area contributed by atoms with E-state index in [1.807, 2.05) is 0 Å². The summed E-state index contributed by atoms with van der Waals surface area (Å²) in [5.41, 5.74) is 0.422. The van der Waals surface area contributed by atoms with Gasteiger partial charge in [-0.2, -0.15) is 0 Å². The second-order valence-corrected chi connectivity index (χ2v) is 5.61. The third kappa shape index (κ3) is 3.24. The van der Waals surface area contributed by atoms with E-state index in [9.17, 15) is 27.6 Å². The molecule has 1 atom stereocenters. The molecule has 1 aromatic carbocycles. The predicted molar refractivity (Wildman–Crippen MR) is 75.7 cm³/mol. The fourth-order valence-electron chi connectivity index (χ4n) is 2.94. The molecule has 1 fully saturated rings. The van der Waals surface area contributed by atoms with Crippen molar-refractivity contribution in [1.29, 1.82) is 0 Å². The van der Waals surface area contributed by atoms with Crippen LogP contribution in [0.25, 0.3) is 0 Å². The van der Waals surface area contributed by atoms with Crippen LogP contribution in [0.5, 0.6) is 11.5 Å². The molecule has 0 spiro atoms. The number of benzene rings is 1. The lowest BCUT2D eigenvalue weighted by atomic mass is 10.0. The normalized spacial score (nSPS) is 20.4. The van der Waals surface area contributed by atoms with Crippen molar-refractivity contribution >= 4 is 17.7 Å². The van der Waals surface area contributed by atoms with Gasteiger partial charge in [0.25, 0.3) is 5.91 Å². The van der Waals surface area contributed by atoms with Gasteiger partial charge >= 0.3 is 6.36 Å². The summed E-state index contributed by atoms with van der Waals surface area (Å²) in [5.74, 6) is -2.34. The molecule has 1 N–H and O–H groups in total. The molecule has 10 heteroatoms. The fourth-order valence-corrected chi connectivity index (χ4v) is 2.94. The van der Waals surface area contributed by atoms with Crippen molar-refractivity contribution in [3.05, 3.63) is 23.3 Å². The first-order valence-electron chi connectivity index (χ1n) is 7.31. The van der Waals surface area contributed by atoms with Crippen LogP contribution in [0.4, 0.5) is 13.2 Å². The summed E-state index contributed by atoms with van der Waals surface area (Å²) in [5, 5.41) is 2.15. The van der Waals surface area contributed by atoms with Crippen molar-refractivity contribution in [1.82, 2.24) is 10.2 Å². The Hall–Kier alpha value is -2.78. The Morgan fingerprint density at radius 3 is 2.52 bits per heavy atom. The van der Waals surface area contributed by atoms with Crippen molar-refractivity contribution < 1.29 is 37.0 Å². The Labute approximate surface area is 139 Å². The molecular weight excluding hydrogens is 345 g/mol. The maximum atomic E-state index is 12.5. The number of nitrogens with one attached hydrogen (secondary N) is 1. The van der Waals surface area contributed by atoms with Gasteiger partial charge in [0.1, 0.15) is 6.04 Å². The quantitative estimate of drug-likeness (QED) is 0.825. The van der Waals surface area contributed by atoms with Crippen LogP contribution in [0.1, 0.15) is 28.8 Å². The average molecular weight is 358 g/mol. The SMILES string of the molecule is COc1cc2c(cc1OC(F)(F)F)CN(C1CCC(=O)NC1=O)C2=O. The number of piperidine rings is 1. The molecular formula is C15H13F3N2O5. The number of ether oxygens (including phenoxy) is 2. The number of carbonyl (C=O) groups excluding carboxylic acids is 3. The first kappa shape index (κ1) is 17.1. The molecule has 2 heterocycles. The average Bonchev–Trinajstić information content (AvgIpc) is 2.81. The predicted octanol–water partition coefficient (Wildman–Crippen LogP) is 1.35. The first-order chi connectivity index (χ1) is 11.7. The number of methoxy groups -OCH3 is 1. The Morgan fingerprint density at radius 2 is 1.92 bits per heavy atom. The zero-order valence-electron chi connectivity index (χ0n) is 13.0. The van der Waals surface area contributed by atoms with E-state index in [1.54, 1.807) is 0 Å². The summed E-state index contributed by atoms with van der Waals surface area (Å²) in [4.78, 5) is 36.9. The van der Waals surface area contributed by atoms with Crippen molar-refractivity contribution in [3.8, 4) is 11.5 Å². The molecule has 0 bridgehead atoms. The minimum absolute atomic E-state index is 0.0569. The zero-order chi connectivity index (χ0) is 18.4. The summed E-state index contributed by atoms with van der Waals surface area (Å²) in [7, 11) is 1.16. The molecule has 2 aliphatic heterocycles. The van der Waals surface area contributed by atoms with Gasteiger partial charge in [-0.1, -0.05) is 0 Å². The number of carbonyl (C=O) groups is 3. The van der Waals surface area contributed by atoms with Gasteiger partial charge in [-0.3, -0.25) is 19.7 Å². The third-order valence-corrected chi connectivity index (χ3v) is 4.03.